The van der Waals surface area contributed by atoms with E-state index in [9.17, 15) is 4.79 Å². The minimum absolute atomic E-state index is 0.152. The van der Waals surface area contributed by atoms with E-state index in [1.165, 1.54) is 5.69 Å². The molecule has 0 spiro atoms. The quantitative estimate of drug-likeness (QED) is 0.389. The molecule has 1 amide bonds. The molecule has 1 fully saturated rings. The number of piperidine rings is 1. The van der Waals surface area contributed by atoms with Crippen LogP contribution in [-0.4, -0.2) is 63.6 Å². The average Bonchev–Trinajstić information content (AvgIpc) is 2.73. The number of nitrogens with zero attached hydrogens (tertiary/aromatic N) is 3. The van der Waals surface area contributed by atoms with E-state index in [2.05, 4.69) is 64.7 Å². The minimum Gasteiger partial charge on any atom is -0.375 e. The third-order valence-corrected chi connectivity index (χ3v) is 5.36. The molecule has 1 aromatic carbocycles. The van der Waals surface area contributed by atoms with Crippen molar-refractivity contribution >= 4 is 17.6 Å². The third kappa shape index (κ3) is 7.41. The monoisotopic (exact) mass is 387 g/mol. The van der Waals surface area contributed by atoms with Gasteiger partial charge >= 0.3 is 0 Å². The molecule has 1 aliphatic rings. The fraction of sp³-hybridized carbons (Fsp3) is 0.636. The Morgan fingerprint density at radius 2 is 1.93 bits per heavy atom. The van der Waals surface area contributed by atoms with Gasteiger partial charge in [0.15, 0.2) is 5.96 Å². The number of hydrogen-bond donors (Lipinski definition) is 2. The highest BCUT2D eigenvalue weighted by molar-refractivity contribution is 5.80. The molecule has 0 unspecified atom stereocenters. The first-order chi connectivity index (χ1) is 13.6. The minimum atomic E-state index is 0.152. The van der Waals surface area contributed by atoms with Crippen LogP contribution in [0.5, 0.6) is 0 Å². The van der Waals surface area contributed by atoms with E-state index in [-0.39, 0.29) is 5.91 Å². The summed E-state index contributed by atoms with van der Waals surface area (Å²) in [4.78, 5) is 21.1. The number of amides is 1. The van der Waals surface area contributed by atoms with Gasteiger partial charge in [-0.2, -0.15) is 0 Å². The molecule has 0 aromatic heterocycles. The molecular weight excluding hydrogens is 350 g/mol. The zero-order valence-corrected chi connectivity index (χ0v) is 17.8. The molecule has 2 rings (SSSR count). The SMILES string of the molecule is CCNC(=NCCCCN(C)c1ccccc1)N1CCC(CC(=O)NC)CC1. The molecule has 28 heavy (non-hydrogen) atoms. The standard InChI is InChI=1S/C22H37N5O/c1-4-24-22(27-16-12-19(13-17-27)18-21(28)23-2)25-14-8-9-15-26(3)20-10-6-5-7-11-20/h5-7,10-11,19H,4,8-9,12-18H2,1-3H3,(H,23,28)(H,24,25). The molecule has 1 aliphatic heterocycles. The Morgan fingerprint density at radius 3 is 2.57 bits per heavy atom. The maximum atomic E-state index is 11.6. The summed E-state index contributed by atoms with van der Waals surface area (Å²) in [7, 11) is 3.86. The van der Waals surface area contributed by atoms with Crippen LogP contribution in [0.15, 0.2) is 35.3 Å². The second-order valence-corrected chi connectivity index (χ2v) is 7.51. The molecule has 0 atom stereocenters. The Balaban J connectivity index is 1.72. The van der Waals surface area contributed by atoms with E-state index in [0.717, 1.165) is 64.4 Å². The van der Waals surface area contributed by atoms with Gasteiger partial charge in [0.25, 0.3) is 0 Å². The number of carbonyl (C=O) groups is 1. The number of hydrogen-bond acceptors (Lipinski definition) is 3. The number of likely N-dealkylation sites (tertiary alicyclic amines) is 1. The number of aliphatic imine (C=N–C) groups is 1. The zero-order valence-electron chi connectivity index (χ0n) is 17.8. The van der Waals surface area contributed by atoms with Crippen molar-refractivity contribution in [1.82, 2.24) is 15.5 Å². The highest BCUT2D eigenvalue weighted by Crippen LogP contribution is 2.20. The second kappa shape index (κ2) is 12.3. The first kappa shape index (κ1) is 22.1. The summed E-state index contributed by atoms with van der Waals surface area (Å²) >= 11 is 0. The van der Waals surface area contributed by atoms with Crippen LogP contribution in [0, 0.1) is 5.92 Å². The molecule has 1 aromatic rings. The van der Waals surface area contributed by atoms with Gasteiger partial charge in [0.1, 0.15) is 0 Å². The second-order valence-electron chi connectivity index (χ2n) is 7.51. The Labute approximate surface area is 170 Å². The van der Waals surface area contributed by atoms with Crippen molar-refractivity contribution in [1.29, 1.82) is 0 Å². The highest BCUT2D eigenvalue weighted by Gasteiger charge is 2.22. The van der Waals surface area contributed by atoms with Crippen LogP contribution in [-0.2, 0) is 4.79 Å². The van der Waals surface area contributed by atoms with Gasteiger partial charge in [0.2, 0.25) is 5.91 Å². The summed E-state index contributed by atoms with van der Waals surface area (Å²) < 4.78 is 0. The van der Waals surface area contributed by atoms with Crippen LogP contribution in [0.1, 0.15) is 39.0 Å². The van der Waals surface area contributed by atoms with Crippen molar-refractivity contribution < 1.29 is 4.79 Å². The van der Waals surface area contributed by atoms with Crippen LogP contribution in [0.3, 0.4) is 0 Å². The summed E-state index contributed by atoms with van der Waals surface area (Å²) in [5.41, 5.74) is 1.26. The van der Waals surface area contributed by atoms with Gasteiger partial charge in [-0.1, -0.05) is 18.2 Å². The maximum Gasteiger partial charge on any atom is 0.220 e. The van der Waals surface area contributed by atoms with Crippen molar-refractivity contribution in [3.05, 3.63) is 30.3 Å². The van der Waals surface area contributed by atoms with Gasteiger partial charge in [-0.15, -0.1) is 0 Å². The van der Waals surface area contributed by atoms with E-state index in [4.69, 9.17) is 4.99 Å². The molecular formula is C22H37N5O. The summed E-state index contributed by atoms with van der Waals surface area (Å²) in [5, 5.41) is 6.16. The molecule has 2 N–H and O–H groups in total. The fourth-order valence-electron chi connectivity index (χ4n) is 3.60. The summed E-state index contributed by atoms with van der Waals surface area (Å²) in [6.45, 7) is 6.84. The number of rotatable bonds is 9. The number of unbranched alkanes of at least 4 members (excludes halogenated alkanes) is 1. The Bertz CT molecular complexity index is 596. The number of guanidine groups is 1. The van der Waals surface area contributed by atoms with Crippen LogP contribution in [0.2, 0.25) is 0 Å². The zero-order chi connectivity index (χ0) is 20.2. The number of nitrogens with one attached hydrogen (secondary N) is 2. The normalized spacial score (nSPS) is 15.4. The van der Waals surface area contributed by atoms with Crippen LogP contribution in [0.4, 0.5) is 5.69 Å². The third-order valence-electron chi connectivity index (χ3n) is 5.36. The predicted molar refractivity (Wildman–Crippen MR) is 118 cm³/mol. The summed E-state index contributed by atoms with van der Waals surface area (Å²) in [6, 6.07) is 10.5. The molecule has 0 aliphatic carbocycles. The molecule has 0 saturated carbocycles. The van der Waals surface area contributed by atoms with Crippen LogP contribution < -0.4 is 15.5 Å². The van der Waals surface area contributed by atoms with Gasteiger partial charge in [0.05, 0.1) is 0 Å². The summed E-state index contributed by atoms with van der Waals surface area (Å²) in [5.74, 6) is 1.67. The lowest BCUT2D eigenvalue weighted by Gasteiger charge is -2.34. The van der Waals surface area contributed by atoms with E-state index < -0.39 is 0 Å². The largest absolute Gasteiger partial charge is 0.375 e. The van der Waals surface area contributed by atoms with Crippen molar-refractivity contribution in [2.24, 2.45) is 10.9 Å². The molecule has 156 valence electrons. The van der Waals surface area contributed by atoms with E-state index in [1.807, 2.05) is 0 Å². The summed E-state index contributed by atoms with van der Waals surface area (Å²) in [6.07, 6.45) is 4.97. The van der Waals surface area contributed by atoms with Crippen LogP contribution >= 0.6 is 0 Å². The highest BCUT2D eigenvalue weighted by atomic mass is 16.1. The Morgan fingerprint density at radius 1 is 1.21 bits per heavy atom. The van der Waals surface area contributed by atoms with Crippen LogP contribution in [0.25, 0.3) is 0 Å². The molecule has 1 heterocycles. The average molecular weight is 388 g/mol. The van der Waals surface area contributed by atoms with Crippen molar-refractivity contribution in [2.45, 2.75) is 39.0 Å². The van der Waals surface area contributed by atoms with Crippen molar-refractivity contribution in [3.63, 3.8) is 0 Å². The van der Waals surface area contributed by atoms with Crippen molar-refractivity contribution in [3.8, 4) is 0 Å². The van der Waals surface area contributed by atoms with Gasteiger partial charge in [-0.25, -0.2) is 0 Å². The van der Waals surface area contributed by atoms with Gasteiger partial charge < -0.3 is 20.4 Å². The molecule has 0 bridgehead atoms. The number of para-hydroxylation sites is 1. The lowest BCUT2D eigenvalue weighted by atomic mass is 9.93. The number of anilines is 1. The smallest absolute Gasteiger partial charge is 0.220 e. The fourth-order valence-corrected chi connectivity index (χ4v) is 3.60. The van der Waals surface area contributed by atoms with E-state index in [1.54, 1.807) is 7.05 Å². The predicted octanol–water partition coefficient (Wildman–Crippen LogP) is 2.72. The van der Waals surface area contributed by atoms with Crippen molar-refractivity contribution in [2.75, 3.05) is 51.7 Å². The lowest BCUT2D eigenvalue weighted by Crippen LogP contribution is -2.46. The molecule has 0 radical (unpaired) electrons. The van der Waals surface area contributed by atoms with Gasteiger partial charge in [-0.05, 0) is 50.7 Å². The first-order valence-corrected chi connectivity index (χ1v) is 10.6. The lowest BCUT2D eigenvalue weighted by molar-refractivity contribution is -0.121. The number of carbonyl (C=O) groups excluding carboxylic acids is 1. The Kier molecular flexibility index (Phi) is 9.66. The van der Waals surface area contributed by atoms with E-state index in [0.29, 0.717) is 12.3 Å². The molecule has 1 saturated heterocycles. The first-order valence-electron chi connectivity index (χ1n) is 10.6. The van der Waals surface area contributed by atoms with Gasteiger partial charge in [0, 0.05) is 58.9 Å². The molecule has 6 nitrogen and oxygen atoms in total. The maximum absolute atomic E-state index is 11.6. The Hall–Kier alpha value is -2.24. The number of benzene rings is 1. The van der Waals surface area contributed by atoms with E-state index >= 15 is 0 Å². The van der Waals surface area contributed by atoms with Gasteiger partial charge in [-0.3, -0.25) is 9.79 Å². The topological polar surface area (TPSA) is 60.0 Å². The molecule has 6 heteroatoms.